The summed E-state index contributed by atoms with van der Waals surface area (Å²) in [5.41, 5.74) is 10.6. The highest BCUT2D eigenvalue weighted by molar-refractivity contribution is 5.93. The van der Waals surface area contributed by atoms with Crippen LogP contribution < -0.4 is 27.4 Å². The Bertz CT molecular complexity index is 530. The zero-order chi connectivity index (χ0) is 21.7. The second-order valence-corrected chi connectivity index (χ2v) is 6.56. The highest BCUT2D eigenvalue weighted by Gasteiger charge is 2.31. The fourth-order valence-electron chi connectivity index (χ4n) is 2.41. The summed E-state index contributed by atoms with van der Waals surface area (Å²) in [4.78, 5) is 47.7. The molecular weight excluding hydrogens is 370 g/mol. The first kappa shape index (κ1) is 25.8. The smallest absolute Gasteiger partial charge is 0.326 e. The van der Waals surface area contributed by atoms with Gasteiger partial charge in [-0.2, -0.15) is 0 Å². The van der Waals surface area contributed by atoms with Gasteiger partial charge in [0.15, 0.2) is 0 Å². The molecule has 0 bridgehead atoms. The van der Waals surface area contributed by atoms with Crippen molar-refractivity contribution in [3.63, 3.8) is 0 Å². The molecule has 0 radical (unpaired) electrons. The number of aliphatic carboxylic acids is 1. The van der Waals surface area contributed by atoms with E-state index in [-0.39, 0.29) is 18.9 Å². The predicted octanol–water partition coefficient (Wildman–Crippen LogP) is -2.35. The molecule has 0 spiro atoms. The van der Waals surface area contributed by atoms with Crippen LogP contribution in [0.1, 0.15) is 39.5 Å². The van der Waals surface area contributed by atoms with E-state index in [1.54, 1.807) is 6.92 Å². The van der Waals surface area contributed by atoms with E-state index in [1.807, 2.05) is 6.92 Å². The van der Waals surface area contributed by atoms with Crippen molar-refractivity contribution in [2.75, 3.05) is 19.7 Å². The van der Waals surface area contributed by atoms with Crippen LogP contribution in [0.5, 0.6) is 0 Å². The molecule has 0 aliphatic rings. The Morgan fingerprint density at radius 3 is 2.04 bits per heavy atom. The van der Waals surface area contributed by atoms with Gasteiger partial charge >= 0.3 is 5.97 Å². The number of nitrogens with two attached hydrogens (primary N) is 2. The number of carbonyl (C=O) groups is 4. The number of hydrogen-bond acceptors (Lipinski definition) is 7. The summed E-state index contributed by atoms with van der Waals surface area (Å²) < 4.78 is 0. The molecule has 28 heavy (non-hydrogen) atoms. The number of aliphatic hydroxyl groups excluding tert-OH is 1. The third-order valence-corrected chi connectivity index (χ3v) is 4.37. The number of carboxylic acid groups (broad SMARTS) is 1. The Labute approximate surface area is 164 Å². The summed E-state index contributed by atoms with van der Waals surface area (Å²) in [6.45, 7) is 2.95. The first-order valence-corrected chi connectivity index (χ1v) is 9.35. The maximum absolute atomic E-state index is 12.5. The number of aliphatic hydroxyl groups is 1. The Morgan fingerprint density at radius 1 is 0.964 bits per heavy atom. The van der Waals surface area contributed by atoms with Crippen LogP contribution in [-0.2, 0) is 19.2 Å². The molecule has 0 fully saturated rings. The molecule has 0 aromatic heterocycles. The van der Waals surface area contributed by atoms with Gasteiger partial charge in [-0.05, 0) is 31.7 Å². The lowest BCUT2D eigenvalue weighted by Crippen LogP contribution is -2.58. The van der Waals surface area contributed by atoms with Crippen LogP contribution in [0.15, 0.2) is 0 Å². The third-order valence-electron chi connectivity index (χ3n) is 4.37. The molecule has 0 aromatic carbocycles. The minimum atomic E-state index is -1.36. The summed E-state index contributed by atoms with van der Waals surface area (Å²) in [6.07, 6.45) is 1.86. The van der Waals surface area contributed by atoms with Gasteiger partial charge in [0, 0.05) is 0 Å². The van der Waals surface area contributed by atoms with E-state index in [4.69, 9.17) is 11.5 Å². The lowest BCUT2D eigenvalue weighted by atomic mass is 9.98. The second-order valence-electron chi connectivity index (χ2n) is 6.56. The fourth-order valence-corrected chi connectivity index (χ4v) is 2.41. The van der Waals surface area contributed by atoms with Crippen LogP contribution in [0.2, 0.25) is 0 Å². The van der Waals surface area contributed by atoms with Crippen LogP contribution in [0.4, 0.5) is 0 Å². The van der Waals surface area contributed by atoms with Gasteiger partial charge in [-0.3, -0.25) is 14.4 Å². The predicted molar refractivity (Wildman–Crippen MR) is 102 cm³/mol. The van der Waals surface area contributed by atoms with Crippen molar-refractivity contribution in [2.45, 2.75) is 57.7 Å². The molecule has 9 N–H and O–H groups in total. The van der Waals surface area contributed by atoms with E-state index in [0.717, 1.165) is 0 Å². The number of nitrogens with one attached hydrogen (secondary N) is 3. The largest absolute Gasteiger partial charge is 0.480 e. The lowest BCUT2D eigenvalue weighted by molar-refractivity contribution is -0.142. The highest BCUT2D eigenvalue weighted by Crippen LogP contribution is 2.08. The average molecular weight is 403 g/mol. The monoisotopic (exact) mass is 403 g/mol. The first-order chi connectivity index (χ1) is 13.2. The normalized spacial score (nSPS) is 15.0. The van der Waals surface area contributed by atoms with Gasteiger partial charge in [0.1, 0.15) is 18.1 Å². The molecule has 0 saturated heterocycles. The molecule has 0 rings (SSSR count). The van der Waals surface area contributed by atoms with Crippen LogP contribution in [0.3, 0.4) is 0 Å². The Kier molecular flexibility index (Phi) is 12.7. The molecule has 0 aliphatic heterocycles. The van der Waals surface area contributed by atoms with Gasteiger partial charge in [0.2, 0.25) is 17.7 Å². The van der Waals surface area contributed by atoms with E-state index in [2.05, 4.69) is 16.0 Å². The van der Waals surface area contributed by atoms with E-state index < -0.39 is 48.4 Å². The maximum atomic E-state index is 12.5. The van der Waals surface area contributed by atoms with Crippen LogP contribution in [0, 0.1) is 5.92 Å². The molecule has 11 nitrogen and oxygen atoms in total. The number of rotatable bonds is 14. The topological polar surface area (TPSA) is 197 Å². The van der Waals surface area contributed by atoms with Crippen molar-refractivity contribution in [2.24, 2.45) is 17.4 Å². The summed E-state index contributed by atoms with van der Waals surface area (Å²) in [6, 6.07) is -3.46. The van der Waals surface area contributed by atoms with Gasteiger partial charge in [0.25, 0.3) is 0 Å². The maximum Gasteiger partial charge on any atom is 0.326 e. The highest BCUT2D eigenvalue weighted by atomic mass is 16.4. The molecule has 0 heterocycles. The standard InChI is InChI=1S/C17H33N5O6/c1-3-10(2)14(22-13(24)8-19)16(26)21-12(9-23)15(25)20-11(17(27)28)6-4-5-7-18/h10-12,14,23H,3-9,18-19H2,1-2H3,(H,20,25)(H,21,26)(H,22,24)(H,27,28). The molecule has 4 atom stereocenters. The second kappa shape index (κ2) is 13.9. The Balaban J connectivity index is 5.05. The minimum absolute atomic E-state index is 0.173. The molecule has 0 aromatic rings. The van der Waals surface area contributed by atoms with Crippen LogP contribution in [-0.4, -0.2) is 71.7 Å². The van der Waals surface area contributed by atoms with Gasteiger partial charge < -0.3 is 37.6 Å². The summed E-state index contributed by atoms with van der Waals surface area (Å²) in [5.74, 6) is -3.50. The number of unbranched alkanes of at least 4 members (excludes halogenated alkanes) is 1. The van der Waals surface area contributed by atoms with Crippen LogP contribution in [0.25, 0.3) is 0 Å². The van der Waals surface area contributed by atoms with Crippen LogP contribution >= 0.6 is 0 Å². The molecule has 0 saturated carbocycles. The molecule has 0 aliphatic carbocycles. The molecule has 3 amide bonds. The fraction of sp³-hybridized carbons (Fsp3) is 0.765. The van der Waals surface area contributed by atoms with E-state index >= 15 is 0 Å². The molecule has 4 unspecified atom stereocenters. The number of amides is 3. The van der Waals surface area contributed by atoms with Gasteiger partial charge in [-0.15, -0.1) is 0 Å². The van der Waals surface area contributed by atoms with Crippen molar-refractivity contribution in [3.05, 3.63) is 0 Å². The summed E-state index contributed by atoms with van der Waals surface area (Å²) >= 11 is 0. The third kappa shape index (κ3) is 9.11. The number of hydrogen-bond donors (Lipinski definition) is 7. The SMILES string of the molecule is CCC(C)C(NC(=O)CN)C(=O)NC(CO)C(=O)NC(CCCCN)C(=O)O. The molecular formula is C17H33N5O6. The van der Waals surface area contributed by atoms with E-state index in [0.29, 0.717) is 25.8 Å². The minimum Gasteiger partial charge on any atom is -0.480 e. The Morgan fingerprint density at radius 2 is 1.57 bits per heavy atom. The molecule has 162 valence electrons. The van der Waals surface area contributed by atoms with Crippen molar-refractivity contribution in [1.82, 2.24) is 16.0 Å². The molecule has 11 heteroatoms. The van der Waals surface area contributed by atoms with Crippen molar-refractivity contribution >= 4 is 23.7 Å². The first-order valence-electron chi connectivity index (χ1n) is 9.35. The van der Waals surface area contributed by atoms with Gasteiger partial charge in [-0.1, -0.05) is 20.3 Å². The van der Waals surface area contributed by atoms with Crippen molar-refractivity contribution in [3.8, 4) is 0 Å². The number of carboxylic acids is 1. The Hall–Kier alpha value is -2.24. The quantitative estimate of drug-likeness (QED) is 0.156. The zero-order valence-corrected chi connectivity index (χ0v) is 16.4. The van der Waals surface area contributed by atoms with E-state index in [9.17, 15) is 29.4 Å². The summed E-state index contributed by atoms with van der Waals surface area (Å²) in [7, 11) is 0. The van der Waals surface area contributed by atoms with Crippen molar-refractivity contribution < 1.29 is 29.4 Å². The zero-order valence-electron chi connectivity index (χ0n) is 16.4. The average Bonchev–Trinajstić information content (AvgIpc) is 2.67. The summed E-state index contributed by atoms with van der Waals surface area (Å²) in [5, 5.41) is 25.8. The van der Waals surface area contributed by atoms with Crippen molar-refractivity contribution in [1.29, 1.82) is 0 Å². The number of carbonyl (C=O) groups excluding carboxylic acids is 3. The van der Waals surface area contributed by atoms with Gasteiger partial charge in [0.05, 0.1) is 13.2 Å². The van der Waals surface area contributed by atoms with E-state index in [1.165, 1.54) is 0 Å². The lowest BCUT2D eigenvalue weighted by Gasteiger charge is -2.26. The van der Waals surface area contributed by atoms with Gasteiger partial charge in [-0.25, -0.2) is 4.79 Å².